The zero-order valence-corrected chi connectivity index (χ0v) is 11.0. The van der Waals surface area contributed by atoms with Gasteiger partial charge >= 0.3 is 5.97 Å². The summed E-state index contributed by atoms with van der Waals surface area (Å²) in [5.41, 5.74) is 0.772. The summed E-state index contributed by atoms with van der Waals surface area (Å²) in [5.74, 6) is -0.849. The molecule has 18 heavy (non-hydrogen) atoms. The zero-order valence-electron chi connectivity index (χ0n) is 10.3. The summed E-state index contributed by atoms with van der Waals surface area (Å²) < 4.78 is 0. The van der Waals surface area contributed by atoms with Gasteiger partial charge in [0.15, 0.2) is 0 Å². The van der Waals surface area contributed by atoms with Crippen LogP contribution in [-0.4, -0.2) is 28.8 Å². The van der Waals surface area contributed by atoms with Crippen molar-refractivity contribution in [3.63, 3.8) is 0 Å². The SMILES string of the molecule is CCC(NCCC(=O)O)C(O)c1ccc(Cl)cc1. The van der Waals surface area contributed by atoms with E-state index in [9.17, 15) is 9.90 Å². The lowest BCUT2D eigenvalue weighted by Crippen LogP contribution is -2.35. The van der Waals surface area contributed by atoms with Crippen LogP contribution in [-0.2, 0) is 4.79 Å². The van der Waals surface area contributed by atoms with Gasteiger partial charge in [0.1, 0.15) is 0 Å². The third-order valence-corrected chi connectivity index (χ3v) is 3.03. The molecule has 0 amide bonds. The number of nitrogens with one attached hydrogen (secondary N) is 1. The van der Waals surface area contributed by atoms with Crippen LogP contribution in [0.25, 0.3) is 0 Å². The Hall–Kier alpha value is -1.10. The number of aliphatic hydroxyl groups is 1. The smallest absolute Gasteiger partial charge is 0.304 e. The lowest BCUT2D eigenvalue weighted by molar-refractivity contribution is -0.136. The van der Waals surface area contributed by atoms with Crippen LogP contribution in [0, 0.1) is 0 Å². The summed E-state index contributed by atoms with van der Waals surface area (Å²) in [6, 6.07) is 6.84. The number of aliphatic hydroxyl groups excluding tert-OH is 1. The van der Waals surface area contributed by atoms with Gasteiger partial charge in [-0.25, -0.2) is 0 Å². The Morgan fingerprint density at radius 1 is 1.39 bits per heavy atom. The third kappa shape index (κ3) is 4.64. The van der Waals surface area contributed by atoms with E-state index in [1.807, 2.05) is 6.92 Å². The first-order valence-corrected chi connectivity index (χ1v) is 6.31. The van der Waals surface area contributed by atoms with E-state index in [0.717, 1.165) is 5.56 Å². The highest BCUT2D eigenvalue weighted by Gasteiger charge is 2.18. The van der Waals surface area contributed by atoms with Crippen molar-refractivity contribution >= 4 is 17.6 Å². The van der Waals surface area contributed by atoms with Crippen molar-refractivity contribution in [2.45, 2.75) is 31.9 Å². The molecule has 0 bridgehead atoms. The molecule has 5 heteroatoms. The molecule has 0 saturated carbocycles. The number of hydrogen-bond donors (Lipinski definition) is 3. The lowest BCUT2D eigenvalue weighted by atomic mass is 10.0. The van der Waals surface area contributed by atoms with Crippen LogP contribution in [0.4, 0.5) is 0 Å². The van der Waals surface area contributed by atoms with Crippen LogP contribution < -0.4 is 5.32 Å². The minimum atomic E-state index is -0.849. The van der Waals surface area contributed by atoms with Gasteiger partial charge in [0.05, 0.1) is 12.5 Å². The van der Waals surface area contributed by atoms with Crippen LogP contribution in [0.15, 0.2) is 24.3 Å². The number of carbonyl (C=O) groups is 1. The molecule has 2 atom stereocenters. The fourth-order valence-corrected chi connectivity index (χ4v) is 1.86. The molecule has 4 nitrogen and oxygen atoms in total. The van der Waals surface area contributed by atoms with Gasteiger partial charge in [-0.2, -0.15) is 0 Å². The minimum absolute atomic E-state index is 0.0455. The highest BCUT2D eigenvalue weighted by Crippen LogP contribution is 2.20. The largest absolute Gasteiger partial charge is 0.481 e. The van der Waals surface area contributed by atoms with Crippen LogP contribution in [0.1, 0.15) is 31.4 Å². The van der Waals surface area contributed by atoms with Gasteiger partial charge in [0.25, 0.3) is 0 Å². The molecule has 0 fully saturated rings. The second kappa shape index (κ2) is 7.36. The number of hydrogen-bond acceptors (Lipinski definition) is 3. The molecule has 0 aliphatic carbocycles. The van der Waals surface area contributed by atoms with Crippen molar-refractivity contribution in [1.82, 2.24) is 5.32 Å². The highest BCUT2D eigenvalue weighted by molar-refractivity contribution is 6.30. The molecule has 1 rings (SSSR count). The van der Waals surface area contributed by atoms with Gasteiger partial charge in [-0.15, -0.1) is 0 Å². The van der Waals surface area contributed by atoms with Gasteiger partial charge < -0.3 is 15.5 Å². The van der Waals surface area contributed by atoms with Gasteiger partial charge in [0.2, 0.25) is 0 Å². The van der Waals surface area contributed by atoms with Crippen LogP contribution in [0.5, 0.6) is 0 Å². The molecule has 2 unspecified atom stereocenters. The molecule has 0 aliphatic rings. The number of benzene rings is 1. The molecule has 0 heterocycles. The Morgan fingerprint density at radius 3 is 2.50 bits per heavy atom. The van der Waals surface area contributed by atoms with E-state index in [0.29, 0.717) is 18.0 Å². The van der Waals surface area contributed by atoms with E-state index >= 15 is 0 Å². The van der Waals surface area contributed by atoms with Gasteiger partial charge in [-0.1, -0.05) is 30.7 Å². The quantitative estimate of drug-likeness (QED) is 0.711. The Balaban J connectivity index is 2.58. The standard InChI is InChI=1S/C13H18ClNO3/c1-2-11(15-8-7-12(16)17)13(18)9-3-5-10(14)6-4-9/h3-6,11,13,15,18H,2,7-8H2,1H3,(H,16,17). The topological polar surface area (TPSA) is 69.6 Å². The van der Waals surface area contributed by atoms with E-state index in [1.165, 1.54) is 0 Å². The van der Waals surface area contributed by atoms with E-state index < -0.39 is 12.1 Å². The average Bonchev–Trinajstić information content (AvgIpc) is 2.34. The predicted octanol–water partition coefficient (Wildman–Crippen LogP) is 2.22. The Kier molecular flexibility index (Phi) is 6.12. The van der Waals surface area contributed by atoms with Crippen molar-refractivity contribution in [3.8, 4) is 0 Å². The maximum atomic E-state index is 10.4. The lowest BCUT2D eigenvalue weighted by Gasteiger charge is -2.23. The fourth-order valence-electron chi connectivity index (χ4n) is 1.74. The number of carboxylic acids is 1. The molecule has 0 saturated heterocycles. The molecule has 0 spiro atoms. The monoisotopic (exact) mass is 271 g/mol. The maximum absolute atomic E-state index is 10.4. The van der Waals surface area contributed by atoms with Crippen LogP contribution in [0.3, 0.4) is 0 Å². The number of carboxylic acid groups (broad SMARTS) is 1. The molecule has 0 aromatic heterocycles. The van der Waals surface area contributed by atoms with E-state index in [1.54, 1.807) is 24.3 Å². The van der Waals surface area contributed by atoms with E-state index in [4.69, 9.17) is 16.7 Å². The molecular formula is C13H18ClNO3. The third-order valence-electron chi connectivity index (χ3n) is 2.78. The summed E-state index contributed by atoms with van der Waals surface area (Å²) in [6.45, 7) is 2.29. The summed E-state index contributed by atoms with van der Waals surface area (Å²) >= 11 is 5.79. The first kappa shape index (κ1) is 15.0. The van der Waals surface area contributed by atoms with Crippen molar-refractivity contribution in [2.75, 3.05) is 6.54 Å². The summed E-state index contributed by atoms with van der Waals surface area (Å²) in [4.78, 5) is 10.4. The second-order valence-electron chi connectivity index (χ2n) is 4.11. The summed E-state index contributed by atoms with van der Waals surface area (Å²) in [5, 5.41) is 22.4. The van der Waals surface area contributed by atoms with Gasteiger partial charge in [0, 0.05) is 17.6 Å². The molecule has 100 valence electrons. The Labute approximate surface area is 112 Å². The van der Waals surface area contributed by atoms with Gasteiger partial charge in [-0.05, 0) is 24.1 Å². The molecule has 1 aromatic carbocycles. The number of aliphatic carboxylic acids is 1. The van der Waals surface area contributed by atoms with Crippen molar-refractivity contribution < 1.29 is 15.0 Å². The van der Waals surface area contributed by atoms with Crippen LogP contribution in [0.2, 0.25) is 5.02 Å². The Morgan fingerprint density at radius 2 is 2.00 bits per heavy atom. The van der Waals surface area contributed by atoms with Crippen molar-refractivity contribution in [2.24, 2.45) is 0 Å². The van der Waals surface area contributed by atoms with Gasteiger partial charge in [-0.3, -0.25) is 4.79 Å². The molecule has 0 radical (unpaired) electrons. The van der Waals surface area contributed by atoms with Crippen molar-refractivity contribution in [1.29, 1.82) is 0 Å². The highest BCUT2D eigenvalue weighted by atomic mass is 35.5. The van der Waals surface area contributed by atoms with E-state index in [-0.39, 0.29) is 12.5 Å². The molecule has 0 aliphatic heterocycles. The second-order valence-corrected chi connectivity index (χ2v) is 4.55. The molecular weight excluding hydrogens is 254 g/mol. The average molecular weight is 272 g/mol. The number of rotatable bonds is 7. The fraction of sp³-hybridized carbons (Fsp3) is 0.462. The van der Waals surface area contributed by atoms with Crippen LogP contribution >= 0.6 is 11.6 Å². The maximum Gasteiger partial charge on any atom is 0.304 e. The predicted molar refractivity (Wildman–Crippen MR) is 70.7 cm³/mol. The minimum Gasteiger partial charge on any atom is -0.481 e. The summed E-state index contributed by atoms with van der Waals surface area (Å²) in [6.07, 6.45) is 0.0915. The summed E-state index contributed by atoms with van der Waals surface area (Å²) in [7, 11) is 0. The molecule has 1 aromatic rings. The zero-order chi connectivity index (χ0) is 13.5. The first-order chi connectivity index (χ1) is 8.54. The first-order valence-electron chi connectivity index (χ1n) is 5.93. The Bertz CT molecular complexity index is 380. The number of halogens is 1. The van der Waals surface area contributed by atoms with E-state index in [2.05, 4.69) is 5.32 Å². The van der Waals surface area contributed by atoms with Crippen molar-refractivity contribution in [3.05, 3.63) is 34.9 Å². The molecule has 3 N–H and O–H groups in total. The normalized spacial score (nSPS) is 14.2.